The number of aromatic carboxylic acids is 1. The van der Waals surface area contributed by atoms with E-state index in [0.29, 0.717) is 15.6 Å². The van der Waals surface area contributed by atoms with E-state index in [9.17, 15) is 4.79 Å². The summed E-state index contributed by atoms with van der Waals surface area (Å²) < 4.78 is 1.30. The van der Waals surface area contributed by atoms with Gasteiger partial charge in [0, 0.05) is 4.90 Å². The predicted octanol–water partition coefficient (Wildman–Crippen LogP) is 2.02. The fourth-order valence-electron chi connectivity index (χ4n) is 1.54. The molecule has 100 valence electrons. The Hall–Kier alpha value is -2.19. The second-order valence-corrected chi connectivity index (χ2v) is 5.25. The van der Waals surface area contributed by atoms with E-state index in [-0.39, 0.29) is 10.6 Å². The fraction of sp³-hybridized carbons (Fsp3) is 0. The third kappa shape index (κ3) is 2.43. The van der Waals surface area contributed by atoms with Gasteiger partial charge in [0.15, 0.2) is 5.65 Å². The van der Waals surface area contributed by atoms with Gasteiger partial charge in [-0.3, -0.25) is 0 Å². The summed E-state index contributed by atoms with van der Waals surface area (Å²) in [6.07, 6.45) is 0. The maximum absolute atomic E-state index is 11.0. The molecule has 0 aliphatic carbocycles. The first kappa shape index (κ1) is 12.8. The van der Waals surface area contributed by atoms with Crippen LogP contribution in [0, 0.1) is 0 Å². The molecular weight excluding hydrogens is 302 g/mol. The number of halogens is 1. The van der Waals surface area contributed by atoms with Gasteiger partial charge >= 0.3 is 5.97 Å². The van der Waals surface area contributed by atoms with Crippen molar-refractivity contribution in [3.63, 3.8) is 0 Å². The molecule has 0 bridgehead atoms. The molecular formula is C11H6ClN5O2S. The largest absolute Gasteiger partial charge is 0.478 e. The van der Waals surface area contributed by atoms with Crippen molar-refractivity contribution in [2.45, 2.75) is 9.92 Å². The van der Waals surface area contributed by atoms with Crippen LogP contribution in [-0.4, -0.2) is 36.3 Å². The van der Waals surface area contributed by atoms with Gasteiger partial charge in [-0.2, -0.15) is 0 Å². The quantitative estimate of drug-likeness (QED) is 0.791. The lowest BCUT2D eigenvalue weighted by Gasteiger charge is -2.03. The molecule has 9 heteroatoms. The predicted molar refractivity (Wildman–Crippen MR) is 71.1 cm³/mol. The van der Waals surface area contributed by atoms with Crippen molar-refractivity contribution < 1.29 is 9.90 Å². The summed E-state index contributed by atoms with van der Waals surface area (Å²) in [5.41, 5.74) is 0.594. The van der Waals surface area contributed by atoms with Crippen molar-refractivity contribution in [1.29, 1.82) is 0 Å². The van der Waals surface area contributed by atoms with Gasteiger partial charge in [0.2, 0.25) is 0 Å². The van der Waals surface area contributed by atoms with Crippen LogP contribution in [0.1, 0.15) is 10.4 Å². The molecule has 0 saturated carbocycles. The van der Waals surface area contributed by atoms with E-state index in [1.807, 2.05) is 0 Å². The summed E-state index contributed by atoms with van der Waals surface area (Å²) in [7, 11) is 0. The summed E-state index contributed by atoms with van der Waals surface area (Å²) in [6.45, 7) is 0. The Morgan fingerprint density at radius 2 is 2.15 bits per heavy atom. The van der Waals surface area contributed by atoms with Crippen LogP contribution >= 0.6 is 23.4 Å². The van der Waals surface area contributed by atoms with Crippen LogP contribution in [0.2, 0.25) is 5.02 Å². The smallest absolute Gasteiger partial charge is 0.337 e. The highest BCUT2D eigenvalue weighted by molar-refractivity contribution is 7.99. The lowest BCUT2D eigenvalue weighted by Crippen LogP contribution is -1.98. The second-order valence-electron chi connectivity index (χ2n) is 3.75. The summed E-state index contributed by atoms with van der Waals surface area (Å²) in [5.74, 6) is -1.07. The van der Waals surface area contributed by atoms with Crippen molar-refractivity contribution >= 4 is 35.0 Å². The number of benzene rings is 1. The van der Waals surface area contributed by atoms with Crippen LogP contribution in [-0.2, 0) is 0 Å². The number of carbonyl (C=O) groups is 1. The first-order valence-corrected chi connectivity index (χ1v) is 6.59. The van der Waals surface area contributed by atoms with E-state index in [4.69, 9.17) is 16.7 Å². The van der Waals surface area contributed by atoms with Crippen molar-refractivity contribution in [2.24, 2.45) is 0 Å². The lowest BCUT2D eigenvalue weighted by atomic mass is 10.2. The van der Waals surface area contributed by atoms with Gasteiger partial charge in [-0.1, -0.05) is 23.4 Å². The molecule has 2 heterocycles. The zero-order valence-electron chi connectivity index (χ0n) is 9.76. The average Bonchev–Trinajstić information content (AvgIpc) is 2.88. The van der Waals surface area contributed by atoms with Crippen LogP contribution in [0.25, 0.3) is 5.65 Å². The standard InChI is InChI=1S/C11H6ClN5O2S/c12-8-2-1-6(5-7(8)11(18)19)20-10-4-3-9-13-15-16-17(9)14-10/h1-5H,(H,18,19). The Balaban J connectivity index is 1.94. The Kier molecular flexibility index (Phi) is 3.25. The van der Waals surface area contributed by atoms with Crippen molar-refractivity contribution in [1.82, 2.24) is 25.3 Å². The molecule has 0 spiro atoms. The van der Waals surface area contributed by atoms with Crippen LogP contribution in [0.3, 0.4) is 0 Å². The number of nitrogens with zero attached hydrogens (tertiary/aromatic N) is 5. The first-order valence-electron chi connectivity index (χ1n) is 5.39. The minimum Gasteiger partial charge on any atom is -0.478 e. The van der Waals surface area contributed by atoms with Gasteiger partial charge in [-0.05, 0) is 40.8 Å². The van der Waals surface area contributed by atoms with Gasteiger partial charge < -0.3 is 5.11 Å². The van der Waals surface area contributed by atoms with E-state index in [1.165, 1.54) is 22.5 Å². The van der Waals surface area contributed by atoms with Crippen molar-refractivity contribution in [3.8, 4) is 0 Å². The molecule has 0 amide bonds. The minimum absolute atomic E-state index is 0.0557. The number of tetrazole rings is 1. The molecule has 0 fully saturated rings. The summed E-state index contributed by atoms with van der Waals surface area (Å²) >= 11 is 7.12. The number of carboxylic acids is 1. The highest BCUT2D eigenvalue weighted by Gasteiger charge is 2.11. The number of carboxylic acid groups (broad SMARTS) is 1. The summed E-state index contributed by atoms with van der Waals surface area (Å²) in [5, 5.41) is 25.0. The average molecular weight is 308 g/mol. The third-order valence-electron chi connectivity index (χ3n) is 2.44. The molecule has 1 N–H and O–H groups in total. The molecule has 0 atom stereocenters. The van der Waals surface area contributed by atoms with E-state index in [1.54, 1.807) is 24.3 Å². The molecule has 1 aromatic carbocycles. The zero-order chi connectivity index (χ0) is 14.1. The van der Waals surface area contributed by atoms with E-state index < -0.39 is 5.97 Å². The Morgan fingerprint density at radius 1 is 1.30 bits per heavy atom. The van der Waals surface area contributed by atoms with Crippen molar-refractivity contribution in [3.05, 3.63) is 40.9 Å². The SMILES string of the molecule is O=C(O)c1cc(Sc2ccc3nnnn3n2)ccc1Cl. The number of hydrogen-bond acceptors (Lipinski definition) is 6. The van der Waals surface area contributed by atoms with Crippen LogP contribution in [0.5, 0.6) is 0 Å². The highest BCUT2D eigenvalue weighted by Crippen LogP contribution is 2.29. The maximum atomic E-state index is 11.0. The molecule has 3 aromatic rings. The third-order valence-corrected chi connectivity index (χ3v) is 3.68. The van der Waals surface area contributed by atoms with Gasteiger partial charge in [0.05, 0.1) is 10.6 Å². The number of aromatic nitrogens is 5. The molecule has 0 unspecified atom stereocenters. The number of rotatable bonds is 3. The summed E-state index contributed by atoms with van der Waals surface area (Å²) in [4.78, 5) is 11.7. The van der Waals surface area contributed by atoms with E-state index in [0.717, 1.165) is 0 Å². The Labute approximate surface area is 121 Å². The molecule has 0 aliphatic rings. The highest BCUT2D eigenvalue weighted by atomic mass is 35.5. The fourth-order valence-corrected chi connectivity index (χ4v) is 2.55. The molecule has 0 radical (unpaired) electrons. The Morgan fingerprint density at radius 3 is 2.95 bits per heavy atom. The molecule has 2 aromatic heterocycles. The Bertz CT molecular complexity index is 806. The molecule has 0 saturated heterocycles. The number of fused-ring (bicyclic) bond motifs is 1. The minimum atomic E-state index is -1.07. The molecule has 7 nitrogen and oxygen atoms in total. The monoisotopic (exact) mass is 307 g/mol. The first-order chi connectivity index (χ1) is 9.63. The maximum Gasteiger partial charge on any atom is 0.337 e. The van der Waals surface area contributed by atoms with Gasteiger partial charge in [-0.25, -0.2) is 4.79 Å². The number of hydrogen-bond donors (Lipinski definition) is 1. The lowest BCUT2D eigenvalue weighted by molar-refractivity contribution is 0.0697. The van der Waals surface area contributed by atoms with Crippen LogP contribution in [0.4, 0.5) is 0 Å². The van der Waals surface area contributed by atoms with Crippen molar-refractivity contribution in [2.75, 3.05) is 0 Å². The van der Waals surface area contributed by atoms with Gasteiger partial charge in [0.25, 0.3) is 0 Å². The molecule has 0 aliphatic heterocycles. The van der Waals surface area contributed by atoms with Crippen LogP contribution in [0.15, 0.2) is 40.3 Å². The van der Waals surface area contributed by atoms with E-state index >= 15 is 0 Å². The van der Waals surface area contributed by atoms with E-state index in [2.05, 4.69) is 20.6 Å². The zero-order valence-corrected chi connectivity index (χ0v) is 11.3. The molecule has 20 heavy (non-hydrogen) atoms. The molecule has 3 rings (SSSR count). The van der Waals surface area contributed by atoms with Crippen LogP contribution < -0.4 is 0 Å². The topological polar surface area (TPSA) is 93.3 Å². The summed E-state index contributed by atoms with van der Waals surface area (Å²) in [6, 6.07) is 8.25. The normalized spacial score (nSPS) is 10.8. The van der Waals surface area contributed by atoms with Gasteiger partial charge in [0.1, 0.15) is 5.03 Å². The van der Waals surface area contributed by atoms with Gasteiger partial charge in [-0.15, -0.1) is 14.8 Å². The second kappa shape index (κ2) is 5.06.